The molecule has 0 radical (unpaired) electrons. The van der Waals surface area contributed by atoms with Crippen molar-refractivity contribution in [3.05, 3.63) is 60.2 Å². The second kappa shape index (κ2) is 21.2. The summed E-state index contributed by atoms with van der Waals surface area (Å²) in [6, 6.07) is 17.5. The summed E-state index contributed by atoms with van der Waals surface area (Å²) in [6.45, 7) is -0.174. The van der Waals surface area contributed by atoms with Crippen LogP contribution in [-0.4, -0.2) is 58.8 Å². The van der Waals surface area contributed by atoms with Crippen LogP contribution in [0.15, 0.2) is 54.6 Å². The zero-order chi connectivity index (χ0) is 27.2. The van der Waals surface area contributed by atoms with Crippen LogP contribution in [0.3, 0.4) is 0 Å². The summed E-state index contributed by atoms with van der Waals surface area (Å²) in [5.74, 6) is -2.12. The summed E-state index contributed by atoms with van der Waals surface area (Å²) >= 11 is 0. The average Bonchev–Trinajstić information content (AvgIpc) is 2.91. The highest BCUT2D eigenvalue weighted by atomic mass is 16.4. The molecular weight excluding hydrogens is 462 g/mol. The first-order valence-electron chi connectivity index (χ1n) is 12.1. The molecule has 1 unspecified atom stereocenters. The normalized spacial score (nSPS) is 13.3. The summed E-state index contributed by atoms with van der Waals surface area (Å²) in [4.78, 5) is 29.7. The molecule has 1 aliphatic rings. The number of unbranched alkanes of at least 4 members (excludes halogenated alkanes) is 1. The summed E-state index contributed by atoms with van der Waals surface area (Å²) in [7, 11) is 0. The van der Waals surface area contributed by atoms with Crippen molar-refractivity contribution in [2.24, 2.45) is 17.2 Å². The van der Waals surface area contributed by atoms with Gasteiger partial charge in [0.25, 0.3) is 0 Å². The Morgan fingerprint density at radius 2 is 1.44 bits per heavy atom. The van der Waals surface area contributed by atoms with Gasteiger partial charge in [-0.3, -0.25) is 9.59 Å². The number of hydrogen-bond donors (Lipinski definition) is 6. The first-order chi connectivity index (χ1) is 17.2. The molecule has 0 bridgehead atoms. The summed E-state index contributed by atoms with van der Waals surface area (Å²) in [5, 5.41) is 23.3. The second-order valence-electron chi connectivity index (χ2n) is 8.29. The first kappa shape index (κ1) is 32.9. The molecule has 200 valence electrons. The molecule has 0 amide bonds. The fraction of sp³-hybridized carbons (Fsp3) is 0.444. The van der Waals surface area contributed by atoms with Crippen LogP contribution < -0.4 is 17.2 Å². The Hall–Kier alpha value is -3.11. The number of hydrogen-bond acceptors (Lipinski definition) is 7. The van der Waals surface area contributed by atoms with E-state index in [1.807, 2.05) is 42.5 Å². The maximum Gasteiger partial charge on any atom is 0.329 e. The number of carboxylic acid groups (broad SMARTS) is 2. The van der Waals surface area contributed by atoms with Crippen molar-refractivity contribution in [1.29, 1.82) is 0 Å². The lowest BCUT2D eigenvalue weighted by atomic mass is 9.97. The molecule has 1 atom stereocenters. The van der Waals surface area contributed by atoms with Gasteiger partial charge in [0, 0.05) is 11.6 Å². The van der Waals surface area contributed by atoms with E-state index in [0.717, 1.165) is 24.7 Å². The predicted octanol–water partition coefficient (Wildman–Crippen LogP) is 3.03. The molecule has 9 nitrogen and oxygen atoms in total. The van der Waals surface area contributed by atoms with E-state index < -0.39 is 24.6 Å². The van der Waals surface area contributed by atoms with Crippen molar-refractivity contribution in [3.63, 3.8) is 0 Å². The number of aliphatic carboxylic acids is 2. The predicted molar refractivity (Wildman–Crippen MR) is 142 cm³/mol. The Kier molecular flexibility index (Phi) is 19.4. The molecule has 1 aliphatic carbocycles. The molecule has 9 heteroatoms. The Morgan fingerprint density at radius 3 is 1.83 bits per heavy atom. The van der Waals surface area contributed by atoms with Crippen molar-refractivity contribution in [2.75, 3.05) is 13.2 Å². The molecule has 3 rings (SSSR count). The molecule has 1 saturated carbocycles. The molecule has 0 aromatic heterocycles. The van der Waals surface area contributed by atoms with Crippen molar-refractivity contribution in [3.8, 4) is 11.1 Å². The maximum atomic E-state index is 10.5. The third-order valence-corrected chi connectivity index (χ3v) is 5.23. The van der Waals surface area contributed by atoms with Gasteiger partial charge < -0.3 is 32.5 Å². The van der Waals surface area contributed by atoms with Gasteiger partial charge in [0.1, 0.15) is 18.9 Å². The van der Waals surface area contributed by atoms with E-state index in [-0.39, 0.29) is 0 Å². The van der Waals surface area contributed by atoms with Gasteiger partial charge in [-0.25, -0.2) is 4.79 Å². The fourth-order valence-electron chi connectivity index (χ4n) is 3.15. The van der Waals surface area contributed by atoms with Crippen LogP contribution in [0.5, 0.6) is 0 Å². The summed E-state index contributed by atoms with van der Waals surface area (Å²) in [6.07, 6.45) is 9.68. The zero-order valence-corrected chi connectivity index (χ0v) is 20.8. The molecule has 2 aromatic carbocycles. The number of aliphatic hydroxyl groups excluding tert-OH is 1. The Bertz CT molecular complexity index is 840. The first-order valence-corrected chi connectivity index (χ1v) is 12.1. The molecule has 0 heterocycles. The number of benzene rings is 2. The van der Waals surface area contributed by atoms with E-state index >= 15 is 0 Å². The van der Waals surface area contributed by atoms with Gasteiger partial charge in [-0.2, -0.15) is 0 Å². The SMILES string of the molecule is NC1CCCCC1.NCCCCC(N)C(=O)O.O=C(O)CO.O=Cc1ccc(-c2ccccc2)cc1. The fourth-order valence-corrected chi connectivity index (χ4v) is 3.15. The lowest BCUT2D eigenvalue weighted by Crippen LogP contribution is -2.29. The Morgan fingerprint density at radius 1 is 0.917 bits per heavy atom. The van der Waals surface area contributed by atoms with Crippen molar-refractivity contribution in [2.45, 2.75) is 63.5 Å². The minimum absolute atomic E-state index is 0.520. The maximum absolute atomic E-state index is 10.5. The smallest absolute Gasteiger partial charge is 0.329 e. The number of carbonyl (C=O) groups excluding carboxylic acids is 1. The van der Waals surface area contributed by atoms with Gasteiger partial charge in [0.2, 0.25) is 0 Å². The highest BCUT2D eigenvalue weighted by Gasteiger charge is 2.09. The van der Waals surface area contributed by atoms with E-state index in [0.29, 0.717) is 24.6 Å². The largest absolute Gasteiger partial charge is 0.480 e. The molecule has 0 spiro atoms. The number of nitrogens with two attached hydrogens (primary N) is 3. The lowest BCUT2D eigenvalue weighted by molar-refractivity contribution is -0.140. The molecule has 9 N–H and O–H groups in total. The van der Waals surface area contributed by atoms with Crippen LogP contribution in [0.25, 0.3) is 11.1 Å². The molecular formula is C27H41N3O6. The zero-order valence-electron chi connectivity index (χ0n) is 20.8. The Balaban J connectivity index is 0.000000489. The minimum atomic E-state index is -1.19. The van der Waals surface area contributed by atoms with Crippen molar-refractivity contribution < 1.29 is 29.7 Å². The molecule has 0 saturated heterocycles. The summed E-state index contributed by atoms with van der Waals surface area (Å²) < 4.78 is 0. The molecule has 0 aliphatic heterocycles. The van der Waals surface area contributed by atoms with Gasteiger partial charge in [-0.05, 0) is 43.4 Å². The molecule has 36 heavy (non-hydrogen) atoms. The van der Waals surface area contributed by atoms with Gasteiger partial charge in [-0.15, -0.1) is 0 Å². The number of aldehydes is 1. The standard InChI is InChI=1S/C13H10O.C6H14N2O2.C6H13N.C2H4O3/c14-10-11-6-8-13(9-7-11)12-4-2-1-3-5-12;7-4-2-1-3-5(8)6(9)10;7-6-4-2-1-3-5-6;3-1-2(4)5/h1-10H;5H,1-4,7-8H2,(H,9,10);6H,1-5,7H2;3H,1H2,(H,4,5). The molecule has 2 aromatic rings. The number of carbonyl (C=O) groups is 3. The van der Waals surface area contributed by atoms with Crippen LogP contribution in [0, 0.1) is 0 Å². The minimum Gasteiger partial charge on any atom is -0.480 e. The highest BCUT2D eigenvalue weighted by molar-refractivity contribution is 5.76. The monoisotopic (exact) mass is 503 g/mol. The van der Waals surface area contributed by atoms with E-state index in [1.54, 1.807) is 0 Å². The van der Waals surface area contributed by atoms with E-state index in [2.05, 4.69) is 12.1 Å². The number of carboxylic acids is 2. The van der Waals surface area contributed by atoms with E-state index in [9.17, 15) is 9.59 Å². The van der Waals surface area contributed by atoms with Crippen LogP contribution in [0.2, 0.25) is 0 Å². The highest BCUT2D eigenvalue weighted by Crippen LogP contribution is 2.18. The number of aliphatic hydroxyl groups is 1. The molecule has 1 fully saturated rings. The quantitative estimate of drug-likeness (QED) is 0.232. The topological polar surface area (TPSA) is 190 Å². The van der Waals surface area contributed by atoms with E-state index in [1.165, 1.54) is 37.7 Å². The Labute approximate surface area is 213 Å². The van der Waals surface area contributed by atoms with Crippen LogP contribution in [-0.2, 0) is 9.59 Å². The number of rotatable bonds is 8. The second-order valence-corrected chi connectivity index (χ2v) is 8.29. The van der Waals surface area contributed by atoms with E-state index in [4.69, 9.17) is 37.3 Å². The third-order valence-electron chi connectivity index (χ3n) is 5.23. The van der Waals surface area contributed by atoms with Crippen LogP contribution in [0.1, 0.15) is 61.7 Å². The van der Waals surface area contributed by atoms with Gasteiger partial charge >= 0.3 is 11.9 Å². The van der Waals surface area contributed by atoms with Gasteiger partial charge in [0.15, 0.2) is 0 Å². The summed E-state index contributed by atoms with van der Waals surface area (Å²) in [5.41, 5.74) is 19.1. The average molecular weight is 504 g/mol. The van der Waals surface area contributed by atoms with Crippen LogP contribution in [0.4, 0.5) is 0 Å². The van der Waals surface area contributed by atoms with Crippen molar-refractivity contribution >= 4 is 18.2 Å². The van der Waals surface area contributed by atoms with Gasteiger partial charge in [0.05, 0.1) is 0 Å². The van der Waals surface area contributed by atoms with Gasteiger partial charge in [-0.1, -0.05) is 80.3 Å². The third kappa shape index (κ3) is 17.3. The lowest BCUT2D eigenvalue weighted by Gasteiger charge is -2.15. The van der Waals surface area contributed by atoms with Crippen molar-refractivity contribution in [1.82, 2.24) is 0 Å². The van der Waals surface area contributed by atoms with Crippen LogP contribution >= 0.6 is 0 Å².